The molecule has 1 aromatic heterocycles. The molecule has 4 heteroatoms. The Labute approximate surface area is 428 Å². The lowest BCUT2D eigenvalue weighted by molar-refractivity contribution is 0.332. The van der Waals surface area contributed by atoms with Crippen LogP contribution >= 0.6 is 11.3 Å². The summed E-state index contributed by atoms with van der Waals surface area (Å²) in [5.74, 6) is 0. The summed E-state index contributed by atoms with van der Waals surface area (Å²) in [6.45, 7) is 34.5. The van der Waals surface area contributed by atoms with E-state index >= 15 is 0 Å². The molecule has 0 amide bonds. The van der Waals surface area contributed by atoms with Crippen molar-refractivity contribution in [2.75, 3.05) is 9.80 Å². The van der Waals surface area contributed by atoms with Crippen LogP contribution in [0.4, 0.5) is 34.1 Å². The first-order chi connectivity index (χ1) is 33.5. The number of para-hydroxylation sites is 1. The van der Waals surface area contributed by atoms with Crippen LogP contribution in [0.2, 0.25) is 0 Å². The molecule has 0 fully saturated rings. The zero-order valence-corrected chi connectivity index (χ0v) is 45.7. The second-order valence-corrected chi connectivity index (χ2v) is 27.8. The summed E-state index contributed by atoms with van der Waals surface area (Å²) in [4.78, 5) is 5.43. The van der Waals surface area contributed by atoms with Gasteiger partial charge < -0.3 is 9.80 Å². The van der Waals surface area contributed by atoms with Crippen molar-refractivity contribution in [1.29, 1.82) is 0 Å². The first-order valence-electron chi connectivity index (χ1n) is 26.7. The number of thiophene rings is 1. The monoisotopic (exact) mass is 947 g/mol. The van der Waals surface area contributed by atoms with Gasteiger partial charge in [0, 0.05) is 54.3 Å². The standard InChI is InChI=1S/C67H71BN2S/c1-39-20-18-19-23-53(39)69-55-32-44-43-31-46-50(65(9,10)27-25-63(46,5)6)36-59(43)71-60(44)37-52(55)68-51-33-47-49(67(13,14)38-66(47,11)12)35-56(51)70(58-30-42(29-57(69)61(58)68)41-21-16-15-17-22-41)54-34-48-45(28-40(54)2)62(3,4)24-26-64(48,7)8/h15-23,28-37H,24-27,38H2,1-14H3. The molecule has 3 aliphatic carbocycles. The van der Waals surface area contributed by atoms with Crippen LogP contribution in [-0.4, -0.2) is 6.71 Å². The van der Waals surface area contributed by atoms with E-state index in [0.717, 1.165) is 6.42 Å². The van der Waals surface area contributed by atoms with E-state index in [4.69, 9.17) is 0 Å². The van der Waals surface area contributed by atoms with E-state index in [-0.39, 0.29) is 39.2 Å². The number of aryl methyl sites for hydroxylation is 2. The summed E-state index contributed by atoms with van der Waals surface area (Å²) >= 11 is 2.01. The van der Waals surface area contributed by atoms with Gasteiger partial charge in [0.05, 0.1) is 0 Å². The van der Waals surface area contributed by atoms with Gasteiger partial charge in [-0.1, -0.05) is 144 Å². The quantitative estimate of drug-likeness (QED) is 0.163. The van der Waals surface area contributed by atoms with Crippen LogP contribution in [0.25, 0.3) is 31.3 Å². The largest absolute Gasteiger partial charge is 0.311 e. The molecule has 5 aliphatic rings. The molecule has 7 aromatic carbocycles. The molecule has 8 aromatic rings. The lowest BCUT2D eigenvalue weighted by atomic mass is 9.33. The van der Waals surface area contributed by atoms with Crippen LogP contribution in [0.5, 0.6) is 0 Å². The van der Waals surface area contributed by atoms with Crippen LogP contribution in [-0.2, 0) is 32.5 Å². The van der Waals surface area contributed by atoms with Crippen LogP contribution in [0.3, 0.4) is 0 Å². The molecule has 0 atom stereocenters. The van der Waals surface area contributed by atoms with E-state index in [0.29, 0.717) is 0 Å². The van der Waals surface area contributed by atoms with Crippen LogP contribution in [0, 0.1) is 13.8 Å². The van der Waals surface area contributed by atoms with Gasteiger partial charge in [-0.15, -0.1) is 11.3 Å². The van der Waals surface area contributed by atoms with Crippen molar-refractivity contribution in [2.45, 2.75) is 162 Å². The first kappa shape index (κ1) is 45.3. The van der Waals surface area contributed by atoms with Crippen molar-refractivity contribution in [3.8, 4) is 11.1 Å². The molecule has 0 unspecified atom stereocenters. The van der Waals surface area contributed by atoms with Crippen molar-refractivity contribution < 1.29 is 0 Å². The van der Waals surface area contributed by atoms with Crippen LogP contribution in [0.1, 0.15) is 160 Å². The number of fused-ring (bicyclic) bond motifs is 10. The number of nitrogens with zero attached hydrogens (tertiary/aromatic N) is 2. The molecule has 0 spiro atoms. The van der Waals surface area contributed by atoms with Gasteiger partial charge >= 0.3 is 0 Å². The molecule has 0 bridgehead atoms. The fourth-order valence-electron chi connectivity index (χ4n) is 14.9. The highest BCUT2D eigenvalue weighted by atomic mass is 32.1. The van der Waals surface area contributed by atoms with E-state index in [2.05, 4.69) is 222 Å². The molecule has 0 saturated heterocycles. The highest BCUT2D eigenvalue weighted by Crippen LogP contribution is 2.56. The zero-order valence-electron chi connectivity index (χ0n) is 44.9. The molecule has 71 heavy (non-hydrogen) atoms. The van der Waals surface area contributed by atoms with Crippen molar-refractivity contribution in [1.82, 2.24) is 0 Å². The minimum Gasteiger partial charge on any atom is -0.311 e. The third-order valence-corrected chi connectivity index (χ3v) is 20.1. The summed E-state index contributed by atoms with van der Waals surface area (Å²) in [5.41, 5.74) is 26.7. The normalized spacial score (nSPS) is 20.0. The Bertz CT molecular complexity index is 3620. The Hall–Kier alpha value is -5.58. The fraction of sp³-hybridized carbons (Fsp3) is 0.373. The SMILES string of the molecule is Cc1ccccc1N1c2cc3c(cc2B2c4cc5c(cc4N(c4cc6c(cc4C)C(C)(C)CCC6(C)C)c4cc(-c6ccccc6)cc1c42)C(C)(C)CC5(C)C)sc1cc2c(cc13)C(C)(C)CCC2(C)C. The van der Waals surface area contributed by atoms with Crippen molar-refractivity contribution in [3.63, 3.8) is 0 Å². The second kappa shape index (κ2) is 14.6. The Kier molecular flexibility index (Phi) is 9.29. The predicted molar refractivity (Wildman–Crippen MR) is 310 cm³/mol. The Morgan fingerprint density at radius 3 is 1.48 bits per heavy atom. The Balaban J connectivity index is 1.18. The smallest absolute Gasteiger partial charge is 0.252 e. The lowest BCUT2D eigenvalue weighted by Crippen LogP contribution is -2.61. The van der Waals surface area contributed by atoms with Gasteiger partial charge in [0.2, 0.25) is 0 Å². The molecule has 0 saturated carbocycles. The summed E-state index contributed by atoms with van der Waals surface area (Å²) in [6, 6.07) is 46.4. The second-order valence-electron chi connectivity index (χ2n) is 26.7. The highest BCUT2D eigenvalue weighted by molar-refractivity contribution is 7.26. The van der Waals surface area contributed by atoms with Gasteiger partial charge in [0.1, 0.15) is 0 Å². The van der Waals surface area contributed by atoms with Gasteiger partial charge in [-0.3, -0.25) is 0 Å². The van der Waals surface area contributed by atoms with Gasteiger partial charge in [-0.05, 0) is 205 Å². The topological polar surface area (TPSA) is 6.48 Å². The Morgan fingerprint density at radius 2 is 0.845 bits per heavy atom. The average molecular weight is 947 g/mol. The molecule has 3 heterocycles. The molecule has 358 valence electrons. The summed E-state index contributed by atoms with van der Waals surface area (Å²) in [7, 11) is 0. The van der Waals surface area contributed by atoms with Crippen molar-refractivity contribution in [3.05, 3.63) is 160 Å². The number of rotatable bonds is 3. The van der Waals surface area contributed by atoms with E-state index < -0.39 is 0 Å². The van der Waals surface area contributed by atoms with Crippen molar-refractivity contribution in [2.24, 2.45) is 0 Å². The minimum absolute atomic E-state index is 0.0187. The lowest BCUT2D eigenvalue weighted by Gasteiger charge is -2.47. The molecule has 0 radical (unpaired) electrons. The highest BCUT2D eigenvalue weighted by Gasteiger charge is 2.49. The molecule has 0 N–H and O–H groups in total. The van der Waals surface area contributed by atoms with E-state index in [9.17, 15) is 0 Å². The van der Waals surface area contributed by atoms with Gasteiger partial charge in [0.15, 0.2) is 0 Å². The number of benzene rings is 7. The van der Waals surface area contributed by atoms with Gasteiger partial charge in [-0.2, -0.15) is 0 Å². The number of hydrogen-bond acceptors (Lipinski definition) is 3. The number of anilines is 6. The summed E-state index contributed by atoms with van der Waals surface area (Å²) in [5, 5.41) is 2.77. The van der Waals surface area contributed by atoms with E-state index in [1.807, 2.05) is 11.3 Å². The minimum atomic E-state index is 0.0187. The third-order valence-electron chi connectivity index (χ3n) is 19.0. The van der Waals surface area contributed by atoms with E-state index in [1.165, 1.54) is 152 Å². The summed E-state index contributed by atoms with van der Waals surface area (Å²) < 4.78 is 2.79. The maximum Gasteiger partial charge on any atom is 0.252 e. The molecular weight excluding hydrogens is 876 g/mol. The fourth-order valence-corrected chi connectivity index (χ4v) is 16.0. The molecule has 13 rings (SSSR count). The van der Waals surface area contributed by atoms with Gasteiger partial charge in [0.25, 0.3) is 6.71 Å². The van der Waals surface area contributed by atoms with E-state index in [1.54, 1.807) is 0 Å². The van der Waals surface area contributed by atoms with Crippen LogP contribution in [0.15, 0.2) is 115 Å². The van der Waals surface area contributed by atoms with Gasteiger partial charge in [-0.25, -0.2) is 0 Å². The molecule has 2 aliphatic heterocycles. The summed E-state index contributed by atoms with van der Waals surface area (Å²) in [6.07, 6.45) is 5.92. The maximum absolute atomic E-state index is 2.75. The molecular formula is C67H71BN2S. The molecule has 2 nitrogen and oxygen atoms in total. The van der Waals surface area contributed by atoms with Crippen LogP contribution < -0.4 is 26.2 Å². The third kappa shape index (κ3) is 6.44. The zero-order chi connectivity index (χ0) is 49.7. The number of hydrogen-bond donors (Lipinski definition) is 0. The van der Waals surface area contributed by atoms with Crippen molar-refractivity contribution >= 4 is 88.7 Å². The predicted octanol–water partition coefficient (Wildman–Crippen LogP) is 17.1. The Morgan fingerprint density at radius 1 is 0.380 bits per heavy atom. The average Bonchev–Trinajstić information content (AvgIpc) is 3.76. The maximum atomic E-state index is 2.75. The first-order valence-corrected chi connectivity index (χ1v) is 27.6.